The summed E-state index contributed by atoms with van der Waals surface area (Å²) in [6, 6.07) is 6.77. The first-order valence-corrected chi connectivity index (χ1v) is 6.07. The third-order valence-electron chi connectivity index (χ3n) is 2.73. The van der Waals surface area contributed by atoms with Gasteiger partial charge in [0.25, 0.3) is 11.8 Å². The predicted molar refractivity (Wildman–Crippen MR) is 70.2 cm³/mol. The van der Waals surface area contributed by atoms with Crippen molar-refractivity contribution in [1.82, 2.24) is 10.9 Å². The average Bonchev–Trinajstić information content (AvgIpc) is 2.45. The van der Waals surface area contributed by atoms with Crippen molar-refractivity contribution in [2.75, 3.05) is 0 Å². The molecule has 2 amide bonds. The van der Waals surface area contributed by atoms with Gasteiger partial charge in [-0.15, -0.1) is 0 Å². The predicted octanol–water partition coefficient (Wildman–Crippen LogP) is -0.590. The smallest absolute Gasteiger partial charge is 0.267 e. The largest absolute Gasteiger partial charge is 0.275 e. The summed E-state index contributed by atoms with van der Waals surface area (Å²) in [5.41, 5.74) is 5.70. The Hall–Kier alpha value is -2.76. The second-order valence-electron chi connectivity index (χ2n) is 4.42. The summed E-state index contributed by atoms with van der Waals surface area (Å²) in [4.78, 5) is 23.7. The number of hydrogen-bond acceptors (Lipinski definition) is 2. The van der Waals surface area contributed by atoms with Gasteiger partial charge in [0.1, 0.15) is 19.7 Å². The molecule has 2 aromatic heterocycles. The first kappa shape index (κ1) is 13.7. The molecule has 0 unspecified atom stereocenters. The molecule has 0 bridgehead atoms. The highest BCUT2D eigenvalue weighted by molar-refractivity contribution is 5.98. The molecule has 0 aliphatic rings. The van der Waals surface area contributed by atoms with E-state index in [2.05, 4.69) is 10.9 Å². The number of rotatable bonds is 2. The van der Waals surface area contributed by atoms with Crippen LogP contribution in [0.2, 0.25) is 0 Å². The van der Waals surface area contributed by atoms with E-state index in [1.54, 1.807) is 47.4 Å². The Morgan fingerprint density at radius 1 is 0.850 bits per heavy atom. The van der Waals surface area contributed by atoms with E-state index in [9.17, 15) is 9.59 Å². The fourth-order valence-corrected chi connectivity index (χ4v) is 1.63. The molecule has 0 radical (unpaired) electrons. The average molecular weight is 272 g/mol. The van der Waals surface area contributed by atoms with E-state index in [4.69, 9.17) is 0 Å². The Kier molecular flexibility index (Phi) is 4.05. The molecular weight excluding hydrogens is 256 g/mol. The molecule has 0 fully saturated rings. The van der Waals surface area contributed by atoms with Crippen molar-refractivity contribution >= 4 is 11.8 Å². The Bertz CT molecular complexity index is 638. The number of aromatic nitrogens is 2. The van der Waals surface area contributed by atoms with Gasteiger partial charge in [-0.25, -0.2) is 9.13 Å². The van der Waals surface area contributed by atoms with Crippen LogP contribution >= 0.6 is 0 Å². The fraction of sp³-hybridized carbons (Fsp3) is 0.143. The topological polar surface area (TPSA) is 66.0 Å². The van der Waals surface area contributed by atoms with E-state index in [0.717, 1.165) is 0 Å². The van der Waals surface area contributed by atoms with Crippen molar-refractivity contribution in [3.8, 4) is 0 Å². The number of carbonyl (C=O) groups is 2. The number of amides is 2. The second-order valence-corrected chi connectivity index (χ2v) is 4.42. The summed E-state index contributed by atoms with van der Waals surface area (Å²) in [5, 5.41) is 0. The van der Waals surface area contributed by atoms with Crippen LogP contribution in [0.25, 0.3) is 0 Å². The molecule has 0 aliphatic carbocycles. The first-order chi connectivity index (χ1) is 9.56. The Balaban J connectivity index is 1.96. The third kappa shape index (κ3) is 3.38. The van der Waals surface area contributed by atoms with E-state index < -0.39 is 0 Å². The second kappa shape index (κ2) is 5.92. The first-order valence-electron chi connectivity index (χ1n) is 6.07. The number of hydrogen-bond donors (Lipinski definition) is 2. The van der Waals surface area contributed by atoms with Gasteiger partial charge in [-0.1, -0.05) is 0 Å². The number of nitrogens with zero attached hydrogens (tertiary/aromatic N) is 2. The summed E-state index contributed by atoms with van der Waals surface area (Å²) in [7, 11) is 3.68. The Labute approximate surface area is 116 Å². The maximum Gasteiger partial charge on any atom is 0.275 e. The minimum absolute atomic E-state index is 0.362. The van der Waals surface area contributed by atoms with Gasteiger partial charge in [0.05, 0.1) is 5.56 Å². The molecule has 102 valence electrons. The van der Waals surface area contributed by atoms with E-state index in [0.29, 0.717) is 11.1 Å². The van der Waals surface area contributed by atoms with Crippen LogP contribution in [0, 0.1) is 0 Å². The molecule has 2 heterocycles. The van der Waals surface area contributed by atoms with Gasteiger partial charge in [-0.2, -0.15) is 0 Å². The van der Waals surface area contributed by atoms with E-state index in [1.165, 1.54) is 0 Å². The van der Waals surface area contributed by atoms with Crippen molar-refractivity contribution in [2.45, 2.75) is 0 Å². The lowest BCUT2D eigenvalue weighted by molar-refractivity contribution is -0.671. The van der Waals surface area contributed by atoms with Gasteiger partial charge < -0.3 is 0 Å². The van der Waals surface area contributed by atoms with Crippen molar-refractivity contribution in [1.29, 1.82) is 0 Å². The van der Waals surface area contributed by atoms with Gasteiger partial charge in [0.2, 0.25) is 0 Å². The number of pyridine rings is 2. The number of nitrogens with one attached hydrogen (secondary N) is 2. The van der Waals surface area contributed by atoms with Crippen LogP contribution < -0.4 is 20.0 Å². The quantitative estimate of drug-likeness (QED) is 0.567. The molecule has 6 heteroatoms. The number of carbonyl (C=O) groups excluding carboxylic acids is 2. The molecular formula is C14H16N4O2+2. The van der Waals surface area contributed by atoms with Crippen LogP contribution in [-0.4, -0.2) is 11.8 Å². The Morgan fingerprint density at radius 3 is 2.05 bits per heavy atom. The minimum Gasteiger partial charge on any atom is -0.267 e. The van der Waals surface area contributed by atoms with Crippen LogP contribution in [-0.2, 0) is 14.1 Å². The zero-order chi connectivity index (χ0) is 14.5. The Morgan fingerprint density at radius 2 is 1.45 bits per heavy atom. The fourth-order valence-electron chi connectivity index (χ4n) is 1.63. The molecule has 20 heavy (non-hydrogen) atoms. The van der Waals surface area contributed by atoms with E-state index in [-0.39, 0.29) is 11.8 Å². The maximum absolute atomic E-state index is 11.8. The summed E-state index contributed by atoms with van der Waals surface area (Å²) >= 11 is 0. The van der Waals surface area contributed by atoms with Crippen LogP contribution in [0.5, 0.6) is 0 Å². The van der Waals surface area contributed by atoms with Gasteiger partial charge >= 0.3 is 0 Å². The molecule has 2 N–H and O–H groups in total. The molecule has 2 aromatic rings. The van der Waals surface area contributed by atoms with Gasteiger partial charge in [0, 0.05) is 18.2 Å². The standard InChI is InChI=1S/C14H14N4O2/c1-17-8-5-11(6-9-17)13(19)15-16-14(20)12-4-3-7-18(2)10-12/h3-10H,1-2H3/p+2. The molecule has 0 saturated heterocycles. The summed E-state index contributed by atoms with van der Waals surface area (Å²) in [5.74, 6) is -0.727. The van der Waals surface area contributed by atoms with Crippen molar-refractivity contribution in [2.24, 2.45) is 14.1 Å². The van der Waals surface area contributed by atoms with Crippen LogP contribution in [0.3, 0.4) is 0 Å². The lowest BCUT2D eigenvalue weighted by Gasteiger charge is -2.06. The van der Waals surface area contributed by atoms with Crippen LogP contribution in [0.15, 0.2) is 49.1 Å². The summed E-state index contributed by atoms with van der Waals surface area (Å²) in [6.45, 7) is 0. The highest BCUT2D eigenvalue weighted by Crippen LogP contribution is 1.95. The zero-order valence-corrected chi connectivity index (χ0v) is 11.3. The SMILES string of the molecule is C[n+]1ccc(C(=O)NNC(=O)c2ccc[n+](C)c2)cc1. The number of hydrazine groups is 1. The lowest BCUT2D eigenvalue weighted by atomic mass is 10.2. The minimum atomic E-state index is -0.365. The van der Waals surface area contributed by atoms with Gasteiger partial charge in [-0.3, -0.25) is 20.4 Å². The zero-order valence-electron chi connectivity index (χ0n) is 11.3. The summed E-state index contributed by atoms with van der Waals surface area (Å²) in [6.07, 6.45) is 7.01. The number of aryl methyl sites for hydroxylation is 2. The third-order valence-corrected chi connectivity index (χ3v) is 2.73. The highest BCUT2D eigenvalue weighted by atomic mass is 16.2. The monoisotopic (exact) mass is 272 g/mol. The molecule has 0 aromatic carbocycles. The van der Waals surface area contributed by atoms with Gasteiger partial charge in [-0.05, 0) is 6.07 Å². The molecule has 2 rings (SSSR count). The molecule has 0 saturated carbocycles. The van der Waals surface area contributed by atoms with Gasteiger partial charge in [0.15, 0.2) is 24.8 Å². The van der Waals surface area contributed by atoms with Crippen molar-refractivity contribution in [3.05, 3.63) is 60.2 Å². The molecule has 0 aliphatic heterocycles. The normalized spacial score (nSPS) is 9.90. The highest BCUT2D eigenvalue weighted by Gasteiger charge is 2.11. The molecule has 0 spiro atoms. The molecule has 6 nitrogen and oxygen atoms in total. The maximum atomic E-state index is 11.8. The van der Waals surface area contributed by atoms with Crippen molar-refractivity contribution < 1.29 is 18.7 Å². The summed E-state index contributed by atoms with van der Waals surface area (Å²) < 4.78 is 3.58. The van der Waals surface area contributed by atoms with E-state index >= 15 is 0 Å². The lowest BCUT2D eigenvalue weighted by Crippen LogP contribution is -2.42. The van der Waals surface area contributed by atoms with Crippen LogP contribution in [0.1, 0.15) is 20.7 Å². The molecule has 0 atom stereocenters. The van der Waals surface area contributed by atoms with E-state index in [1.807, 2.05) is 24.9 Å². The van der Waals surface area contributed by atoms with Crippen LogP contribution in [0.4, 0.5) is 0 Å². The van der Waals surface area contributed by atoms with Crippen molar-refractivity contribution in [3.63, 3.8) is 0 Å².